The van der Waals surface area contributed by atoms with Crippen LogP contribution in [0.1, 0.15) is 27.0 Å². The molecule has 5 nitrogen and oxygen atoms in total. The van der Waals surface area contributed by atoms with Gasteiger partial charge in [-0.05, 0) is 43.2 Å². The summed E-state index contributed by atoms with van der Waals surface area (Å²) in [5.41, 5.74) is 3.11. The van der Waals surface area contributed by atoms with E-state index in [-0.39, 0.29) is 24.8 Å². The molecule has 0 aliphatic carbocycles. The van der Waals surface area contributed by atoms with E-state index in [2.05, 4.69) is 6.58 Å². The molecule has 0 saturated carbocycles. The van der Waals surface area contributed by atoms with E-state index in [0.717, 1.165) is 11.1 Å². The summed E-state index contributed by atoms with van der Waals surface area (Å²) in [4.78, 5) is 24.2. The van der Waals surface area contributed by atoms with Gasteiger partial charge in [0.15, 0.2) is 12.4 Å². The summed E-state index contributed by atoms with van der Waals surface area (Å²) in [7, 11) is 0. The highest BCUT2D eigenvalue weighted by Crippen LogP contribution is 2.39. The third kappa shape index (κ3) is 3.92. The Morgan fingerprint density at radius 2 is 1.96 bits per heavy atom. The summed E-state index contributed by atoms with van der Waals surface area (Å²) in [6, 6.07) is 11.1. The molecule has 1 aliphatic heterocycles. The van der Waals surface area contributed by atoms with Crippen molar-refractivity contribution in [1.29, 1.82) is 0 Å². The molecule has 0 atom stereocenters. The Kier molecular flexibility index (Phi) is 5.41. The zero-order valence-corrected chi connectivity index (χ0v) is 15.3. The molecule has 2 aromatic rings. The van der Waals surface area contributed by atoms with E-state index in [1.54, 1.807) is 25.1 Å². The maximum Gasteiger partial charge on any atom is 0.344 e. The van der Waals surface area contributed by atoms with Crippen molar-refractivity contribution >= 4 is 17.8 Å². The summed E-state index contributed by atoms with van der Waals surface area (Å²) in [5, 5.41) is 0. The van der Waals surface area contributed by atoms with Crippen LogP contribution in [0, 0.1) is 13.8 Å². The van der Waals surface area contributed by atoms with Crippen LogP contribution in [0.5, 0.6) is 11.5 Å². The van der Waals surface area contributed by atoms with Crippen LogP contribution in [-0.4, -0.2) is 25.0 Å². The number of hydrogen-bond donors (Lipinski definition) is 0. The predicted octanol–water partition coefficient (Wildman–Crippen LogP) is 4.03. The molecule has 0 bridgehead atoms. The Morgan fingerprint density at radius 3 is 2.70 bits per heavy atom. The molecule has 0 N–H and O–H groups in total. The number of fused-ring (bicyclic) bond motifs is 1. The van der Waals surface area contributed by atoms with E-state index in [1.807, 2.05) is 31.2 Å². The first-order valence-corrected chi connectivity index (χ1v) is 8.54. The van der Waals surface area contributed by atoms with Crippen molar-refractivity contribution in [2.75, 3.05) is 13.2 Å². The Morgan fingerprint density at radius 1 is 1.19 bits per heavy atom. The lowest BCUT2D eigenvalue weighted by molar-refractivity contribution is -0.144. The van der Waals surface area contributed by atoms with Crippen molar-refractivity contribution in [3.63, 3.8) is 0 Å². The molecular weight excluding hydrogens is 344 g/mol. The van der Waals surface area contributed by atoms with E-state index in [9.17, 15) is 9.59 Å². The molecule has 0 amide bonds. The second-order valence-corrected chi connectivity index (χ2v) is 6.12. The molecule has 27 heavy (non-hydrogen) atoms. The minimum absolute atomic E-state index is 0.135. The van der Waals surface area contributed by atoms with E-state index in [1.165, 1.54) is 6.08 Å². The van der Waals surface area contributed by atoms with Crippen LogP contribution in [0.3, 0.4) is 0 Å². The Balaban J connectivity index is 1.80. The number of carbonyl (C=O) groups is 2. The van der Waals surface area contributed by atoms with Gasteiger partial charge in [0.25, 0.3) is 0 Å². The van der Waals surface area contributed by atoms with Gasteiger partial charge in [-0.3, -0.25) is 4.79 Å². The van der Waals surface area contributed by atoms with Crippen LogP contribution in [0.25, 0.3) is 6.08 Å². The average Bonchev–Trinajstić information content (AvgIpc) is 2.98. The lowest BCUT2D eigenvalue weighted by Gasteiger charge is -2.11. The lowest BCUT2D eigenvalue weighted by Crippen LogP contribution is -2.15. The standard InChI is InChI=1S/C22H20O5/c1-4-11-25-20(23)13-26-18-10-9-17-21(24)19(27-22(17)15(18)3)12-16-8-6-5-7-14(16)2/h4-10,12H,1,11,13H2,2-3H3/b19-12-. The predicted molar refractivity (Wildman–Crippen MR) is 102 cm³/mol. The fourth-order valence-corrected chi connectivity index (χ4v) is 2.74. The van der Waals surface area contributed by atoms with Gasteiger partial charge >= 0.3 is 5.97 Å². The van der Waals surface area contributed by atoms with Gasteiger partial charge in [-0.1, -0.05) is 36.9 Å². The van der Waals surface area contributed by atoms with E-state index < -0.39 is 5.97 Å². The first-order valence-electron chi connectivity index (χ1n) is 8.54. The molecule has 0 saturated heterocycles. The van der Waals surface area contributed by atoms with Crippen molar-refractivity contribution in [2.24, 2.45) is 0 Å². The summed E-state index contributed by atoms with van der Waals surface area (Å²) in [6.07, 6.45) is 3.23. The molecule has 1 heterocycles. The number of aryl methyl sites for hydroxylation is 1. The van der Waals surface area contributed by atoms with Crippen molar-refractivity contribution in [1.82, 2.24) is 0 Å². The lowest BCUT2D eigenvalue weighted by atomic mass is 10.0. The summed E-state index contributed by atoms with van der Waals surface area (Å²) >= 11 is 0. The van der Waals surface area contributed by atoms with Crippen molar-refractivity contribution < 1.29 is 23.8 Å². The smallest absolute Gasteiger partial charge is 0.344 e. The van der Waals surface area contributed by atoms with Gasteiger partial charge in [0, 0.05) is 5.56 Å². The van der Waals surface area contributed by atoms with Gasteiger partial charge in [-0.15, -0.1) is 0 Å². The molecule has 0 fully saturated rings. The largest absolute Gasteiger partial charge is 0.481 e. The number of ketones is 1. The van der Waals surface area contributed by atoms with Crippen LogP contribution in [-0.2, 0) is 9.53 Å². The number of ether oxygens (including phenoxy) is 3. The highest BCUT2D eigenvalue weighted by atomic mass is 16.6. The number of carbonyl (C=O) groups excluding carboxylic acids is 2. The zero-order chi connectivity index (χ0) is 19.4. The third-order valence-corrected chi connectivity index (χ3v) is 4.22. The Labute approximate surface area is 157 Å². The summed E-state index contributed by atoms with van der Waals surface area (Å²) in [5.74, 6) is 0.524. The van der Waals surface area contributed by atoms with Crippen molar-refractivity contribution in [3.8, 4) is 11.5 Å². The monoisotopic (exact) mass is 364 g/mol. The summed E-state index contributed by atoms with van der Waals surface area (Å²) in [6.45, 7) is 7.15. The normalized spacial score (nSPS) is 13.9. The SMILES string of the molecule is C=CCOC(=O)COc1ccc2c(c1C)O/C(=C\c1ccccc1C)C2=O. The number of esters is 1. The van der Waals surface area contributed by atoms with Gasteiger partial charge in [-0.2, -0.15) is 0 Å². The first kappa shape index (κ1) is 18.5. The van der Waals surface area contributed by atoms with Crippen molar-refractivity contribution in [2.45, 2.75) is 13.8 Å². The molecular formula is C22H20O5. The average molecular weight is 364 g/mol. The zero-order valence-electron chi connectivity index (χ0n) is 15.3. The maximum absolute atomic E-state index is 12.6. The number of Topliss-reactive ketones (excluding diaryl/α,β-unsaturated/α-hetero) is 1. The molecule has 2 aromatic carbocycles. The Hall–Kier alpha value is -3.34. The minimum atomic E-state index is -0.494. The van der Waals surface area contributed by atoms with Gasteiger partial charge in [0.2, 0.25) is 5.78 Å². The Bertz CT molecular complexity index is 940. The fraction of sp³-hybridized carbons (Fsp3) is 0.182. The molecule has 138 valence electrons. The molecule has 0 spiro atoms. The topological polar surface area (TPSA) is 61.8 Å². The molecule has 0 radical (unpaired) electrons. The maximum atomic E-state index is 12.6. The molecule has 5 heteroatoms. The third-order valence-electron chi connectivity index (χ3n) is 4.22. The van der Waals surface area contributed by atoms with Crippen LogP contribution in [0.4, 0.5) is 0 Å². The fourth-order valence-electron chi connectivity index (χ4n) is 2.74. The van der Waals surface area contributed by atoms with E-state index in [0.29, 0.717) is 22.6 Å². The summed E-state index contributed by atoms with van der Waals surface area (Å²) < 4.78 is 16.2. The van der Waals surface area contributed by atoms with Crippen LogP contribution < -0.4 is 9.47 Å². The highest BCUT2D eigenvalue weighted by molar-refractivity contribution is 6.15. The number of hydrogen-bond acceptors (Lipinski definition) is 5. The molecule has 3 rings (SSSR count). The number of rotatable bonds is 6. The van der Waals surface area contributed by atoms with Gasteiger partial charge in [-0.25, -0.2) is 4.79 Å². The van der Waals surface area contributed by atoms with Crippen LogP contribution in [0.15, 0.2) is 54.8 Å². The molecule has 0 aromatic heterocycles. The number of benzene rings is 2. The van der Waals surface area contributed by atoms with Crippen LogP contribution >= 0.6 is 0 Å². The quantitative estimate of drug-likeness (QED) is 0.440. The first-order chi connectivity index (χ1) is 13.0. The second kappa shape index (κ2) is 7.91. The van der Waals surface area contributed by atoms with Crippen LogP contribution in [0.2, 0.25) is 0 Å². The minimum Gasteiger partial charge on any atom is -0.481 e. The second-order valence-electron chi connectivity index (χ2n) is 6.12. The number of allylic oxidation sites excluding steroid dienone is 1. The van der Waals surface area contributed by atoms with Gasteiger partial charge in [0.1, 0.15) is 18.1 Å². The molecule has 1 aliphatic rings. The molecule has 0 unspecified atom stereocenters. The van der Waals surface area contributed by atoms with E-state index >= 15 is 0 Å². The van der Waals surface area contributed by atoms with Crippen molar-refractivity contribution in [3.05, 3.63) is 77.1 Å². The van der Waals surface area contributed by atoms with Gasteiger partial charge < -0.3 is 14.2 Å². The highest BCUT2D eigenvalue weighted by Gasteiger charge is 2.30. The van der Waals surface area contributed by atoms with E-state index in [4.69, 9.17) is 14.2 Å². The van der Waals surface area contributed by atoms with Gasteiger partial charge in [0.05, 0.1) is 5.56 Å².